The number of benzene rings is 1. The Morgan fingerprint density at radius 2 is 1.71 bits per heavy atom. The molecule has 1 aromatic carbocycles. The number of halogens is 1. The van der Waals surface area contributed by atoms with Crippen LogP contribution in [0.15, 0.2) is 40.3 Å². The van der Waals surface area contributed by atoms with Crippen molar-refractivity contribution in [1.29, 1.82) is 0 Å². The number of ether oxygens (including phenoxy) is 2. The second-order valence-electron chi connectivity index (χ2n) is 10.1. The Hall–Kier alpha value is -2.17. The minimum atomic E-state index is -0.600. The Morgan fingerprint density at radius 1 is 1.06 bits per heavy atom. The van der Waals surface area contributed by atoms with E-state index in [1.165, 1.54) is 11.3 Å². The fraction of sp³-hybridized carbons (Fsp3) is 0.560. The van der Waals surface area contributed by atoms with Crippen molar-refractivity contribution in [3.8, 4) is 0 Å². The molecular weight excluding hydrogens is 532 g/mol. The van der Waals surface area contributed by atoms with Crippen LogP contribution in [0, 0.1) is 0 Å². The van der Waals surface area contributed by atoms with Crippen molar-refractivity contribution in [1.82, 2.24) is 15.6 Å². The number of nitrogens with one attached hydrogen (secondary N) is 2. The Labute approximate surface area is 220 Å². The van der Waals surface area contributed by atoms with Gasteiger partial charge in [-0.2, -0.15) is 0 Å². The van der Waals surface area contributed by atoms with Crippen molar-refractivity contribution in [3.05, 3.63) is 45.9 Å². The number of carbonyl (C=O) groups excluding carboxylic acids is 2. The second kappa shape index (κ2) is 13.2. The normalized spacial score (nSPS) is 12.7. The number of hydrogen-bond acceptors (Lipinski definition) is 7. The third kappa shape index (κ3) is 11.4. The van der Waals surface area contributed by atoms with Crippen LogP contribution in [0.1, 0.15) is 66.0 Å². The lowest BCUT2D eigenvalue weighted by Crippen LogP contribution is -2.39. The SMILES string of the molecule is CC(C)(C)OC(=O)NCCCNC(CCN(C(=O)OC(C)(C)C)c1nccs1)c1ccc(Br)cc1. The monoisotopic (exact) mass is 568 g/mol. The highest BCUT2D eigenvalue weighted by Gasteiger charge is 2.26. The maximum absolute atomic E-state index is 12.9. The van der Waals surface area contributed by atoms with Crippen molar-refractivity contribution in [2.24, 2.45) is 0 Å². The van der Waals surface area contributed by atoms with Crippen molar-refractivity contribution >= 4 is 44.6 Å². The highest BCUT2D eigenvalue weighted by Crippen LogP contribution is 2.25. The molecule has 0 saturated heterocycles. The smallest absolute Gasteiger partial charge is 0.416 e. The molecule has 0 aliphatic heterocycles. The van der Waals surface area contributed by atoms with E-state index in [4.69, 9.17) is 9.47 Å². The lowest BCUT2D eigenvalue weighted by molar-refractivity contribution is 0.0525. The molecule has 1 unspecified atom stereocenters. The molecule has 0 spiro atoms. The van der Waals surface area contributed by atoms with E-state index in [1.807, 2.05) is 59.1 Å². The fourth-order valence-electron chi connectivity index (χ4n) is 3.14. The third-order valence-corrected chi connectivity index (χ3v) is 5.91. The highest BCUT2D eigenvalue weighted by molar-refractivity contribution is 9.10. The van der Waals surface area contributed by atoms with Crippen LogP contribution in [-0.4, -0.2) is 48.0 Å². The predicted molar refractivity (Wildman–Crippen MR) is 144 cm³/mol. The molecular formula is C25H37BrN4O4S. The summed E-state index contributed by atoms with van der Waals surface area (Å²) in [6.45, 7) is 12.7. The summed E-state index contributed by atoms with van der Waals surface area (Å²) < 4.78 is 11.9. The minimum Gasteiger partial charge on any atom is -0.444 e. The largest absolute Gasteiger partial charge is 0.444 e. The van der Waals surface area contributed by atoms with Gasteiger partial charge < -0.3 is 20.1 Å². The summed E-state index contributed by atoms with van der Waals surface area (Å²) >= 11 is 4.89. The number of amides is 2. The van der Waals surface area contributed by atoms with E-state index >= 15 is 0 Å². The van der Waals surface area contributed by atoms with Crippen LogP contribution >= 0.6 is 27.3 Å². The first-order valence-corrected chi connectivity index (χ1v) is 13.4. The van der Waals surface area contributed by atoms with Crippen LogP contribution < -0.4 is 15.5 Å². The zero-order valence-corrected chi connectivity index (χ0v) is 23.8. The first-order chi connectivity index (χ1) is 16.3. The van der Waals surface area contributed by atoms with Crippen molar-refractivity contribution < 1.29 is 19.1 Å². The first kappa shape index (κ1) is 29.1. The molecule has 0 fully saturated rings. The molecule has 0 saturated carbocycles. The Balaban J connectivity index is 2.01. The van der Waals surface area contributed by atoms with Gasteiger partial charge in [-0.05, 0) is 78.6 Å². The summed E-state index contributed by atoms with van der Waals surface area (Å²) in [5.74, 6) is 0. The van der Waals surface area contributed by atoms with Crippen LogP contribution in [0.4, 0.5) is 14.7 Å². The molecule has 2 N–H and O–H groups in total. The number of thiazole rings is 1. The molecule has 0 aliphatic rings. The second-order valence-corrected chi connectivity index (χ2v) is 11.9. The van der Waals surface area contributed by atoms with E-state index < -0.39 is 23.4 Å². The number of carbonyl (C=O) groups is 2. The highest BCUT2D eigenvalue weighted by atomic mass is 79.9. The zero-order valence-electron chi connectivity index (χ0n) is 21.4. The van der Waals surface area contributed by atoms with Crippen LogP contribution in [0.25, 0.3) is 0 Å². The number of aromatic nitrogens is 1. The quantitative estimate of drug-likeness (QED) is 0.327. The fourth-order valence-corrected chi connectivity index (χ4v) is 4.06. The maximum Gasteiger partial charge on any atom is 0.416 e. The number of alkyl carbamates (subject to hydrolysis) is 1. The topological polar surface area (TPSA) is 92.8 Å². The molecule has 10 heteroatoms. The van der Waals surface area contributed by atoms with Gasteiger partial charge in [-0.15, -0.1) is 11.3 Å². The van der Waals surface area contributed by atoms with Gasteiger partial charge in [0.05, 0.1) is 0 Å². The van der Waals surface area contributed by atoms with Crippen molar-refractivity contribution in [2.75, 3.05) is 24.5 Å². The van der Waals surface area contributed by atoms with Gasteiger partial charge in [0.25, 0.3) is 0 Å². The lowest BCUT2D eigenvalue weighted by Gasteiger charge is -2.27. The maximum atomic E-state index is 12.9. The summed E-state index contributed by atoms with van der Waals surface area (Å²) in [4.78, 5) is 30.7. The van der Waals surface area contributed by atoms with Crippen LogP contribution in [-0.2, 0) is 9.47 Å². The van der Waals surface area contributed by atoms with E-state index in [1.54, 1.807) is 11.1 Å². The van der Waals surface area contributed by atoms with Crippen LogP contribution in [0.3, 0.4) is 0 Å². The predicted octanol–water partition coefficient (Wildman–Crippen LogP) is 6.28. The number of anilines is 1. The van der Waals surface area contributed by atoms with E-state index in [0.29, 0.717) is 31.2 Å². The molecule has 2 rings (SSSR count). The van der Waals surface area contributed by atoms with Gasteiger partial charge in [-0.1, -0.05) is 28.1 Å². The summed E-state index contributed by atoms with van der Waals surface area (Å²) in [6, 6.07) is 8.11. The summed E-state index contributed by atoms with van der Waals surface area (Å²) in [6.07, 6.45) is 2.23. The summed E-state index contributed by atoms with van der Waals surface area (Å²) in [7, 11) is 0. The van der Waals surface area contributed by atoms with Crippen LogP contribution in [0.5, 0.6) is 0 Å². The first-order valence-electron chi connectivity index (χ1n) is 11.7. The van der Waals surface area contributed by atoms with E-state index in [0.717, 1.165) is 16.5 Å². The summed E-state index contributed by atoms with van der Waals surface area (Å²) in [5, 5.41) is 8.79. The van der Waals surface area contributed by atoms with Crippen LogP contribution in [0.2, 0.25) is 0 Å². The molecule has 2 aromatic rings. The van der Waals surface area contributed by atoms with Crippen molar-refractivity contribution in [3.63, 3.8) is 0 Å². The molecule has 194 valence electrons. The van der Waals surface area contributed by atoms with E-state index in [-0.39, 0.29) is 6.04 Å². The van der Waals surface area contributed by atoms with Gasteiger partial charge in [0, 0.05) is 35.2 Å². The summed E-state index contributed by atoms with van der Waals surface area (Å²) in [5.41, 5.74) is -0.0135. The molecule has 2 amide bonds. The lowest BCUT2D eigenvalue weighted by atomic mass is 10.0. The molecule has 0 radical (unpaired) electrons. The van der Waals surface area contributed by atoms with Gasteiger partial charge in [0.1, 0.15) is 11.2 Å². The number of nitrogens with zero attached hydrogens (tertiary/aromatic N) is 2. The Kier molecular flexibility index (Phi) is 11.0. The minimum absolute atomic E-state index is 0.00507. The molecule has 1 atom stereocenters. The molecule has 1 aromatic heterocycles. The van der Waals surface area contributed by atoms with Gasteiger partial charge >= 0.3 is 12.2 Å². The molecule has 0 aliphatic carbocycles. The van der Waals surface area contributed by atoms with E-state index in [2.05, 4.69) is 43.7 Å². The Morgan fingerprint density at radius 3 is 2.29 bits per heavy atom. The average Bonchev–Trinajstić information content (AvgIpc) is 3.25. The van der Waals surface area contributed by atoms with Gasteiger partial charge in [0.2, 0.25) is 0 Å². The van der Waals surface area contributed by atoms with Gasteiger partial charge in [0.15, 0.2) is 5.13 Å². The molecule has 0 bridgehead atoms. The number of hydrogen-bond donors (Lipinski definition) is 2. The molecule has 8 nitrogen and oxygen atoms in total. The zero-order chi connectivity index (χ0) is 26.1. The average molecular weight is 570 g/mol. The molecule has 1 heterocycles. The van der Waals surface area contributed by atoms with E-state index in [9.17, 15) is 9.59 Å². The Bertz CT molecular complexity index is 924. The third-order valence-electron chi connectivity index (χ3n) is 4.59. The number of rotatable bonds is 10. The van der Waals surface area contributed by atoms with Gasteiger partial charge in [-0.3, -0.25) is 4.90 Å². The standard InChI is InChI=1S/C25H37BrN4O4S/c1-24(2,3)33-22(31)29-14-7-13-27-20(18-8-10-19(26)11-9-18)12-16-30(21-28-15-17-35-21)23(32)34-25(4,5)6/h8-11,15,17,20,27H,7,12-14,16H2,1-6H3,(H,29,31). The van der Waals surface area contributed by atoms with Gasteiger partial charge in [-0.25, -0.2) is 14.6 Å². The van der Waals surface area contributed by atoms with Crippen molar-refractivity contribution in [2.45, 2.75) is 71.6 Å². The molecule has 35 heavy (non-hydrogen) atoms.